The smallest absolute Gasteiger partial charge is 0.216 e. The first kappa shape index (κ1) is 18.9. The average Bonchev–Trinajstić information content (AvgIpc) is 3.36. The molecule has 0 bridgehead atoms. The van der Waals surface area contributed by atoms with Gasteiger partial charge < -0.3 is 9.47 Å². The molecule has 0 unspecified atom stereocenters. The molecule has 2 heterocycles. The van der Waals surface area contributed by atoms with Crippen molar-refractivity contribution in [1.29, 1.82) is 0 Å². The van der Waals surface area contributed by atoms with E-state index in [2.05, 4.69) is 15.3 Å². The lowest BCUT2D eigenvalue weighted by molar-refractivity contribution is 0.102. The topological polar surface area (TPSA) is 64.4 Å². The Morgan fingerprint density at radius 1 is 1.25 bits per heavy atom. The number of aromatic nitrogens is 3. The standard InChI is InChI=1S/C20H19ClN4O2S/c21-16-7-3-15(4-8-16)13-27-17-9-5-14(6-10-17)12-22-25-19(23-24-20(25)28)18-2-1-11-26-18/h3-10,12,18H,1-2,11,13H2,(H,24,28)/b22-12-/t18-/m0/s1. The summed E-state index contributed by atoms with van der Waals surface area (Å²) in [6.45, 7) is 1.23. The molecular formula is C20H19ClN4O2S. The summed E-state index contributed by atoms with van der Waals surface area (Å²) in [6.07, 6.45) is 3.63. The Morgan fingerprint density at radius 2 is 2.04 bits per heavy atom. The summed E-state index contributed by atoms with van der Waals surface area (Å²) in [5.74, 6) is 1.49. The van der Waals surface area contributed by atoms with Gasteiger partial charge in [0.1, 0.15) is 18.5 Å². The van der Waals surface area contributed by atoms with Crippen molar-refractivity contribution in [1.82, 2.24) is 14.9 Å². The number of H-pyrrole nitrogens is 1. The Labute approximate surface area is 172 Å². The second kappa shape index (κ2) is 8.68. The van der Waals surface area contributed by atoms with Crippen LogP contribution < -0.4 is 4.74 Å². The van der Waals surface area contributed by atoms with Gasteiger partial charge in [0.25, 0.3) is 0 Å². The monoisotopic (exact) mass is 414 g/mol. The van der Waals surface area contributed by atoms with Crippen LogP contribution in [0.3, 0.4) is 0 Å². The molecule has 0 radical (unpaired) electrons. The van der Waals surface area contributed by atoms with E-state index in [0.29, 0.717) is 22.2 Å². The fourth-order valence-corrected chi connectivity index (χ4v) is 3.24. The molecule has 1 aliphatic heterocycles. The summed E-state index contributed by atoms with van der Waals surface area (Å²) in [5.41, 5.74) is 1.99. The van der Waals surface area contributed by atoms with Crippen molar-refractivity contribution in [3.63, 3.8) is 0 Å². The Morgan fingerprint density at radius 3 is 2.75 bits per heavy atom. The summed E-state index contributed by atoms with van der Waals surface area (Å²) < 4.78 is 13.6. The van der Waals surface area contributed by atoms with Crippen molar-refractivity contribution in [2.45, 2.75) is 25.6 Å². The van der Waals surface area contributed by atoms with Gasteiger partial charge in [-0.1, -0.05) is 23.7 Å². The van der Waals surface area contributed by atoms with Gasteiger partial charge in [-0.25, -0.2) is 0 Å². The van der Waals surface area contributed by atoms with E-state index in [1.165, 1.54) is 0 Å². The van der Waals surface area contributed by atoms with Crippen LogP contribution in [0.25, 0.3) is 0 Å². The van der Waals surface area contributed by atoms with E-state index in [9.17, 15) is 0 Å². The van der Waals surface area contributed by atoms with E-state index >= 15 is 0 Å². The van der Waals surface area contributed by atoms with Crippen LogP contribution in [0.5, 0.6) is 5.75 Å². The van der Waals surface area contributed by atoms with Crippen LogP contribution >= 0.6 is 23.8 Å². The number of nitrogens with zero attached hydrogens (tertiary/aromatic N) is 3. The highest BCUT2D eigenvalue weighted by Crippen LogP contribution is 2.27. The maximum atomic E-state index is 5.89. The zero-order valence-electron chi connectivity index (χ0n) is 15.0. The van der Waals surface area contributed by atoms with Crippen LogP contribution in [-0.4, -0.2) is 27.7 Å². The second-order valence-corrected chi connectivity index (χ2v) is 7.25. The van der Waals surface area contributed by atoms with E-state index in [1.807, 2.05) is 48.5 Å². The molecule has 3 aromatic rings. The van der Waals surface area contributed by atoms with Crippen molar-refractivity contribution in [2.24, 2.45) is 5.10 Å². The number of nitrogens with one attached hydrogen (secondary N) is 1. The van der Waals surface area contributed by atoms with E-state index in [-0.39, 0.29) is 6.10 Å². The molecule has 4 rings (SSSR count). The minimum absolute atomic E-state index is 0.0613. The van der Waals surface area contributed by atoms with Gasteiger partial charge >= 0.3 is 0 Å². The predicted molar refractivity (Wildman–Crippen MR) is 111 cm³/mol. The zero-order chi connectivity index (χ0) is 19.3. The molecule has 1 fully saturated rings. The van der Waals surface area contributed by atoms with Crippen molar-refractivity contribution < 1.29 is 9.47 Å². The van der Waals surface area contributed by atoms with Gasteiger partial charge in [-0.2, -0.15) is 14.9 Å². The molecule has 1 aromatic heterocycles. The second-order valence-electron chi connectivity index (χ2n) is 6.43. The fourth-order valence-electron chi connectivity index (χ4n) is 2.93. The Balaban J connectivity index is 1.41. The van der Waals surface area contributed by atoms with E-state index < -0.39 is 0 Å². The third kappa shape index (κ3) is 4.49. The molecule has 144 valence electrons. The summed E-state index contributed by atoms with van der Waals surface area (Å²) in [4.78, 5) is 0. The number of aromatic amines is 1. The van der Waals surface area contributed by atoms with Gasteiger partial charge in [-0.3, -0.25) is 5.10 Å². The highest BCUT2D eigenvalue weighted by Gasteiger charge is 2.23. The Bertz CT molecular complexity index is 1010. The first-order valence-electron chi connectivity index (χ1n) is 8.99. The molecule has 8 heteroatoms. The summed E-state index contributed by atoms with van der Waals surface area (Å²) in [5, 5.41) is 12.2. The number of hydrogen-bond donors (Lipinski definition) is 1. The molecular weight excluding hydrogens is 396 g/mol. The molecule has 28 heavy (non-hydrogen) atoms. The van der Waals surface area contributed by atoms with Crippen molar-refractivity contribution in [3.8, 4) is 5.75 Å². The minimum Gasteiger partial charge on any atom is -0.489 e. The highest BCUT2D eigenvalue weighted by molar-refractivity contribution is 7.71. The molecule has 0 spiro atoms. The SMILES string of the molecule is S=c1[nH]nc([C@@H]2CCCO2)n1/N=C\c1ccc(OCc2ccc(Cl)cc2)cc1. The van der Waals surface area contributed by atoms with Gasteiger partial charge in [0.2, 0.25) is 4.77 Å². The van der Waals surface area contributed by atoms with E-state index in [1.54, 1.807) is 10.9 Å². The maximum Gasteiger partial charge on any atom is 0.216 e. The molecule has 0 saturated carbocycles. The van der Waals surface area contributed by atoms with Gasteiger partial charge in [-0.15, -0.1) is 0 Å². The molecule has 1 atom stereocenters. The number of rotatable bonds is 6. The average molecular weight is 415 g/mol. The molecule has 6 nitrogen and oxygen atoms in total. The number of benzene rings is 2. The van der Waals surface area contributed by atoms with Gasteiger partial charge in [0.15, 0.2) is 5.82 Å². The van der Waals surface area contributed by atoms with Gasteiger partial charge in [-0.05, 0) is 72.6 Å². The predicted octanol–water partition coefficient (Wildman–Crippen LogP) is 4.91. The third-order valence-corrected chi connectivity index (χ3v) is 4.93. The van der Waals surface area contributed by atoms with Crippen molar-refractivity contribution in [3.05, 3.63) is 75.3 Å². The summed E-state index contributed by atoms with van der Waals surface area (Å²) >= 11 is 11.2. The van der Waals surface area contributed by atoms with Crippen LogP contribution in [-0.2, 0) is 11.3 Å². The van der Waals surface area contributed by atoms with Crippen molar-refractivity contribution >= 4 is 30.0 Å². The molecule has 2 aromatic carbocycles. The minimum atomic E-state index is -0.0613. The lowest BCUT2D eigenvalue weighted by Crippen LogP contribution is -2.05. The van der Waals surface area contributed by atoms with Crippen LogP contribution in [0, 0.1) is 4.77 Å². The van der Waals surface area contributed by atoms with Gasteiger partial charge in [0, 0.05) is 11.6 Å². The number of halogens is 1. The molecule has 1 N–H and O–H groups in total. The van der Waals surface area contributed by atoms with Crippen LogP contribution in [0.15, 0.2) is 53.6 Å². The van der Waals surface area contributed by atoms with Crippen LogP contribution in [0.4, 0.5) is 0 Å². The Hall–Kier alpha value is -2.48. The molecule has 0 amide bonds. The highest BCUT2D eigenvalue weighted by atomic mass is 35.5. The fraction of sp³-hybridized carbons (Fsp3) is 0.250. The maximum absolute atomic E-state index is 5.89. The van der Waals surface area contributed by atoms with Gasteiger partial charge in [0.05, 0.1) is 6.21 Å². The quantitative estimate of drug-likeness (QED) is 0.460. The third-order valence-electron chi connectivity index (χ3n) is 4.41. The molecule has 1 saturated heterocycles. The lowest BCUT2D eigenvalue weighted by Gasteiger charge is -2.08. The van der Waals surface area contributed by atoms with E-state index in [4.69, 9.17) is 33.3 Å². The van der Waals surface area contributed by atoms with Crippen molar-refractivity contribution in [2.75, 3.05) is 6.61 Å². The normalized spacial score (nSPS) is 16.7. The van der Waals surface area contributed by atoms with Crippen LogP contribution in [0.1, 0.15) is 35.9 Å². The first-order chi connectivity index (χ1) is 13.7. The number of ether oxygens (including phenoxy) is 2. The van der Waals surface area contributed by atoms with Crippen LogP contribution in [0.2, 0.25) is 5.02 Å². The summed E-state index contributed by atoms with van der Waals surface area (Å²) in [6, 6.07) is 15.3. The lowest BCUT2D eigenvalue weighted by atomic mass is 10.2. The Kier molecular flexibility index (Phi) is 5.85. The zero-order valence-corrected chi connectivity index (χ0v) is 16.6. The molecule has 0 aliphatic carbocycles. The summed E-state index contributed by atoms with van der Waals surface area (Å²) in [7, 11) is 0. The number of hydrogen-bond acceptors (Lipinski definition) is 5. The van der Waals surface area contributed by atoms with E-state index in [0.717, 1.165) is 36.3 Å². The first-order valence-corrected chi connectivity index (χ1v) is 9.78. The largest absolute Gasteiger partial charge is 0.489 e. The molecule has 1 aliphatic rings.